The van der Waals surface area contributed by atoms with Crippen LogP contribution in [0.5, 0.6) is 0 Å². The molecule has 3 nitrogen and oxygen atoms in total. The molecular weight excluding hydrogens is 148 g/mol. The van der Waals surface area contributed by atoms with Crippen molar-refractivity contribution in [2.45, 2.75) is 13.0 Å². The summed E-state index contributed by atoms with van der Waals surface area (Å²) in [5.41, 5.74) is 5.36. The summed E-state index contributed by atoms with van der Waals surface area (Å²) in [6.45, 7) is 1.67. The molecular formula is C6H8N2OS. The lowest BCUT2D eigenvalue weighted by molar-refractivity contribution is 0.0972. The van der Waals surface area contributed by atoms with E-state index in [1.807, 2.05) is 0 Å². The van der Waals surface area contributed by atoms with Gasteiger partial charge in [-0.25, -0.2) is 4.37 Å². The lowest BCUT2D eigenvalue weighted by Gasteiger charge is -1.97. The van der Waals surface area contributed by atoms with Crippen molar-refractivity contribution < 1.29 is 4.79 Å². The molecule has 0 aliphatic carbocycles. The van der Waals surface area contributed by atoms with Crippen molar-refractivity contribution in [3.8, 4) is 0 Å². The first-order valence-corrected chi connectivity index (χ1v) is 3.69. The smallest absolute Gasteiger partial charge is 0.190 e. The van der Waals surface area contributed by atoms with Crippen LogP contribution >= 0.6 is 11.5 Å². The summed E-state index contributed by atoms with van der Waals surface area (Å²) in [5, 5.41) is 0. The summed E-state index contributed by atoms with van der Waals surface area (Å²) in [7, 11) is 0. The van der Waals surface area contributed by atoms with Gasteiger partial charge >= 0.3 is 0 Å². The van der Waals surface area contributed by atoms with Gasteiger partial charge in [0.25, 0.3) is 0 Å². The predicted octanol–water partition coefficient (Wildman–Crippen LogP) is 0.673. The van der Waals surface area contributed by atoms with Crippen LogP contribution < -0.4 is 5.73 Å². The highest BCUT2D eigenvalue weighted by Crippen LogP contribution is 2.06. The highest BCUT2D eigenvalue weighted by Gasteiger charge is 2.11. The van der Waals surface area contributed by atoms with Gasteiger partial charge in [0.1, 0.15) is 0 Å². The average molecular weight is 156 g/mol. The van der Waals surface area contributed by atoms with Crippen molar-refractivity contribution >= 4 is 17.3 Å². The summed E-state index contributed by atoms with van der Waals surface area (Å²) >= 11 is 1.18. The number of aromatic nitrogens is 1. The number of ketones is 1. The maximum absolute atomic E-state index is 11.1. The molecule has 0 fully saturated rings. The van der Waals surface area contributed by atoms with Crippen LogP contribution in [-0.2, 0) is 0 Å². The molecule has 0 bridgehead atoms. The van der Waals surface area contributed by atoms with Crippen molar-refractivity contribution in [3.05, 3.63) is 17.1 Å². The van der Waals surface area contributed by atoms with E-state index in [9.17, 15) is 4.79 Å². The number of hydrogen-bond donors (Lipinski definition) is 1. The van der Waals surface area contributed by atoms with Gasteiger partial charge in [-0.1, -0.05) is 0 Å². The summed E-state index contributed by atoms with van der Waals surface area (Å²) in [5.74, 6) is -0.0394. The van der Waals surface area contributed by atoms with Crippen molar-refractivity contribution in [3.63, 3.8) is 0 Å². The molecule has 1 heterocycles. The van der Waals surface area contributed by atoms with Crippen LogP contribution in [0, 0.1) is 0 Å². The van der Waals surface area contributed by atoms with Gasteiger partial charge in [0, 0.05) is 6.20 Å². The molecule has 0 amide bonds. The Morgan fingerprint density at radius 1 is 1.90 bits per heavy atom. The van der Waals surface area contributed by atoms with E-state index in [2.05, 4.69) is 4.37 Å². The number of carbonyl (C=O) groups is 1. The van der Waals surface area contributed by atoms with E-state index in [0.29, 0.717) is 4.88 Å². The largest absolute Gasteiger partial charge is 0.321 e. The van der Waals surface area contributed by atoms with E-state index in [1.54, 1.807) is 19.2 Å². The maximum Gasteiger partial charge on any atom is 0.190 e. The highest BCUT2D eigenvalue weighted by molar-refractivity contribution is 7.08. The third kappa shape index (κ3) is 1.40. The first kappa shape index (κ1) is 7.37. The third-order valence-corrected chi connectivity index (χ3v) is 1.86. The first-order valence-electron chi connectivity index (χ1n) is 2.92. The minimum atomic E-state index is -0.416. The molecule has 0 saturated carbocycles. The van der Waals surface area contributed by atoms with Crippen LogP contribution in [0.4, 0.5) is 0 Å². The van der Waals surface area contributed by atoms with E-state index in [1.165, 1.54) is 11.5 Å². The van der Waals surface area contributed by atoms with Gasteiger partial charge in [0.05, 0.1) is 10.9 Å². The highest BCUT2D eigenvalue weighted by atomic mass is 32.1. The second-order valence-corrected chi connectivity index (χ2v) is 2.86. The van der Waals surface area contributed by atoms with Crippen LogP contribution in [0.25, 0.3) is 0 Å². The molecule has 0 aromatic carbocycles. The third-order valence-electron chi connectivity index (χ3n) is 1.09. The van der Waals surface area contributed by atoms with E-state index >= 15 is 0 Å². The fraction of sp³-hybridized carbons (Fsp3) is 0.333. The topological polar surface area (TPSA) is 56.0 Å². The fourth-order valence-corrected chi connectivity index (χ4v) is 1.20. The quantitative estimate of drug-likeness (QED) is 0.640. The number of rotatable bonds is 2. The van der Waals surface area contributed by atoms with E-state index in [-0.39, 0.29) is 5.78 Å². The van der Waals surface area contributed by atoms with E-state index in [4.69, 9.17) is 5.73 Å². The number of nitrogens with zero attached hydrogens (tertiary/aromatic N) is 1. The minimum absolute atomic E-state index is 0.0394. The molecule has 1 rings (SSSR count). The number of nitrogens with two attached hydrogens (primary N) is 1. The van der Waals surface area contributed by atoms with Crippen LogP contribution in [0.15, 0.2) is 12.3 Å². The average Bonchev–Trinajstić information content (AvgIpc) is 2.36. The summed E-state index contributed by atoms with van der Waals surface area (Å²) in [6, 6.07) is 1.26. The number of hydrogen-bond acceptors (Lipinski definition) is 4. The Kier molecular flexibility index (Phi) is 2.13. The molecule has 54 valence electrons. The fourth-order valence-electron chi connectivity index (χ4n) is 0.567. The lowest BCUT2D eigenvalue weighted by Crippen LogP contribution is -2.25. The summed E-state index contributed by atoms with van der Waals surface area (Å²) in [4.78, 5) is 11.7. The Balaban J connectivity index is 2.78. The number of Topliss-reactive ketones (excluding diaryl/α,β-unsaturated/α-hetero) is 1. The summed E-state index contributed by atoms with van der Waals surface area (Å²) < 4.78 is 3.79. The predicted molar refractivity (Wildman–Crippen MR) is 40.1 cm³/mol. The van der Waals surface area contributed by atoms with Gasteiger partial charge in [0.15, 0.2) is 5.78 Å². The zero-order valence-corrected chi connectivity index (χ0v) is 6.39. The molecule has 0 aliphatic rings. The molecule has 0 aliphatic heterocycles. The summed E-state index contributed by atoms with van der Waals surface area (Å²) in [6.07, 6.45) is 1.60. The standard InChI is InChI=1S/C6H8N2OS/c1-4(7)6(9)5-2-3-8-10-5/h2-4H,7H2,1H3/t4-/m0/s1. The van der Waals surface area contributed by atoms with Gasteiger partial charge in [-0.2, -0.15) is 0 Å². The lowest BCUT2D eigenvalue weighted by atomic mass is 10.2. The molecule has 10 heavy (non-hydrogen) atoms. The minimum Gasteiger partial charge on any atom is -0.321 e. The van der Waals surface area contributed by atoms with Gasteiger partial charge in [0.2, 0.25) is 0 Å². The molecule has 0 spiro atoms. The molecule has 1 aromatic heterocycles. The Labute approximate surface area is 63.0 Å². The van der Waals surface area contributed by atoms with E-state index in [0.717, 1.165) is 0 Å². The van der Waals surface area contributed by atoms with Crippen molar-refractivity contribution in [2.75, 3.05) is 0 Å². The van der Waals surface area contributed by atoms with Crippen molar-refractivity contribution in [2.24, 2.45) is 5.73 Å². The van der Waals surface area contributed by atoms with Crippen LogP contribution in [0.2, 0.25) is 0 Å². The van der Waals surface area contributed by atoms with Crippen molar-refractivity contribution in [1.29, 1.82) is 0 Å². The number of carbonyl (C=O) groups excluding carboxylic acids is 1. The second kappa shape index (κ2) is 2.90. The van der Waals surface area contributed by atoms with Gasteiger partial charge in [-0.05, 0) is 24.5 Å². The maximum atomic E-state index is 11.1. The molecule has 1 aromatic rings. The van der Waals surface area contributed by atoms with E-state index < -0.39 is 6.04 Å². The second-order valence-electron chi connectivity index (χ2n) is 2.03. The zero-order chi connectivity index (χ0) is 7.56. The Morgan fingerprint density at radius 3 is 3.00 bits per heavy atom. The molecule has 2 N–H and O–H groups in total. The van der Waals surface area contributed by atoms with Crippen LogP contribution in [-0.4, -0.2) is 16.2 Å². The van der Waals surface area contributed by atoms with Gasteiger partial charge in [-0.3, -0.25) is 4.79 Å². The SMILES string of the molecule is C[C@H](N)C(=O)c1ccns1. The Hall–Kier alpha value is -0.740. The normalized spacial score (nSPS) is 13.0. The first-order chi connectivity index (χ1) is 4.72. The Morgan fingerprint density at radius 2 is 2.60 bits per heavy atom. The molecule has 0 radical (unpaired) electrons. The zero-order valence-electron chi connectivity index (χ0n) is 5.57. The van der Waals surface area contributed by atoms with Crippen LogP contribution in [0.1, 0.15) is 16.6 Å². The molecule has 0 saturated heterocycles. The molecule has 0 unspecified atom stereocenters. The van der Waals surface area contributed by atoms with Gasteiger partial charge < -0.3 is 5.73 Å². The monoisotopic (exact) mass is 156 g/mol. The Bertz CT molecular complexity index is 218. The van der Waals surface area contributed by atoms with Gasteiger partial charge in [-0.15, -0.1) is 0 Å². The molecule has 4 heteroatoms. The molecule has 1 atom stereocenters. The van der Waals surface area contributed by atoms with Crippen molar-refractivity contribution in [1.82, 2.24) is 4.37 Å². The van der Waals surface area contributed by atoms with Crippen LogP contribution in [0.3, 0.4) is 0 Å².